The maximum atomic E-state index is 2.21. The third kappa shape index (κ3) is 160. The topological polar surface area (TPSA) is 0 Å². The SMILES string of the molecule is C.C.C.CCC.CCCCC. The predicted molar refractivity (Wildman–Crippen MR) is 61.4 cm³/mol. The molecule has 0 aromatic rings. The zero-order valence-electron chi connectivity index (χ0n) is 6.83. The first-order valence-electron chi connectivity index (χ1n) is 3.83. The highest BCUT2D eigenvalue weighted by Crippen LogP contribution is 1.88. The third-order valence-corrected chi connectivity index (χ3v) is 0.707. The second-order valence-electron chi connectivity index (χ2n) is 2.06. The summed E-state index contributed by atoms with van der Waals surface area (Å²) in [4.78, 5) is 0. The average Bonchev–Trinajstić information content (AvgIpc) is 1.71. The molecule has 0 aromatic heterocycles. The Bertz CT molecular complexity index is 14.0. The van der Waals surface area contributed by atoms with Crippen LogP contribution in [0.2, 0.25) is 0 Å². The van der Waals surface area contributed by atoms with E-state index in [2.05, 4.69) is 27.7 Å². The van der Waals surface area contributed by atoms with Gasteiger partial charge in [-0.25, -0.2) is 0 Å². The molecule has 0 N–H and O–H groups in total. The fraction of sp³-hybridized carbons (Fsp3) is 1.00. The Morgan fingerprint density at radius 3 is 0.818 bits per heavy atom. The standard InChI is InChI=1S/C5H12.C3H8.3CH4/c1-3-5-4-2;1-3-2;;;/h3-5H2,1-2H3;3H2,1-2H3;3*1H4. The Kier molecular flexibility index (Phi) is 141. The maximum Gasteiger partial charge on any atom is -0.0538 e. The van der Waals surface area contributed by atoms with Crippen LogP contribution in [0.25, 0.3) is 0 Å². The van der Waals surface area contributed by atoms with Gasteiger partial charge in [-0.15, -0.1) is 0 Å². The normalized spacial score (nSPS) is 5.45. The maximum absolute atomic E-state index is 2.21. The molecule has 0 heterocycles. The van der Waals surface area contributed by atoms with Gasteiger partial charge in [-0.2, -0.15) is 0 Å². The highest BCUT2D eigenvalue weighted by atomic mass is 13.7. The van der Waals surface area contributed by atoms with Gasteiger partial charge in [-0.05, 0) is 0 Å². The monoisotopic (exact) mass is 164 g/mol. The quantitative estimate of drug-likeness (QED) is 0.504. The Morgan fingerprint density at radius 2 is 0.818 bits per heavy atom. The molecule has 0 aliphatic carbocycles. The van der Waals surface area contributed by atoms with Crippen molar-refractivity contribution in [2.75, 3.05) is 0 Å². The molecule has 0 rings (SSSR count). The van der Waals surface area contributed by atoms with Crippen molar-refractivity contribution >= 4 is 0 Å². The summed E-state index contributed by atoms with van der Waals surface area (Å²) in [6.07, 6.45) is 5.33. The van der Waals surface area contributed by atoms with Crippen molar-refractivity contribution in [3.05, 3.63) is 0 Å². The summed E-state index contributed by atoms with van der Waals surface area (Å²) in [6, 6.07) is 0. The minimum absolute atomic E-state index is 0. The smallest absolute Gasteiger partial charge is 0.0538 e. The molecule has 0 amide bonds. The molecule has 0 aromatic carbocycles. The van der Waals surface area contributed by atoms with Crippen LogP contribution in [-0.2, 0) is 0 Å². The van der Waals surface area contributed by atoms with Crippen molar-refractivity contribution in [1.82, 2.24) is 0 Å². The molecule has 0 heteroatoms. The average molecular weight is 164 g/mol. The van der Waals surface area contributed by atoms with Gasteiger partial charge in [-0.3, -0.25) is 0 Å². The molecule has 0 radical (unpaired) electrons. The predicted octanol–water partition coefficient (Wildman–Crippen LogP) is 5.52. The number of hydrogen-bond acceptors (Lipinski definition) is 0. The lowest BCUT2D eigenvalue weighted by atomic mass is 10.3. The second-order valence-corrected chi connectivity index (χ2v) is 2.06. The molecule has 0 aliphatic rings. The van der Waals surface area contributed by atoms with Gasteiger partial charge >= 0.3 is 0 Å². The van der Waals surface area contributed by atoms with E-state index >= 15 is 0 Å². The minimum atomic E-state index is 0. The Balaban J connectivity index is -0.0000000183. The molecule has 76 valence electrons. The van der Waals surface area contributed by atoms with E-state index in [-0.39, 0.29) is 22.3 Å². The lowest BCUT2D eigenvalue weighted by Gasteiger charge is -1.79. The van der Waals surface area contributed by atoms with Crippen LogP contribution in [0.15, 0.2) is 0 Å². The van der Waals surface area contributed by atoms with E-state index in [1.54, 1.807) is 0 Å². The van der Waals surface area contributed by atoms with Gasteiger partial charge < -0.3 is 0 Å². The zero-order valence-corrected chi connectivity index (χ0v) is 6.83. The fourth-order valence-corrected chi connectivity index (χ4v) is 0.354. The van der Waals surface area contributed by atoms with Gasteiger partial charge in [0.05, 0.1) is 0 Å². The highest BCUT2D eigenvalue weighted by molar-refractivity contribution is 4.24. The van der Waals surface area contributed by atoms with Crippen LogP contribution in [0.4, 0.5) is 0 Å². The van der Waals surface area contributed by atoms with Crippen molar-refractivity contribution in [3.8, 4) is 0 Å². The van der Waals surface area contributed by atoms with E-state index in [1.807, 2.05) is 0 Å². The van der Waals surface area contributed by atoms with Crippen LogP contribution < -0.4 is 0 Å². The van der Waals surface area contributed by atoms with Crippen LogP contribution in [0, 0.1) is 0 Å². The van der Waals surface area contributed by atoms with E-state index < -0.39 is 0 Å². The molecule has 0 aliphatic heterocycles. The molecule has 0 unspecified atom stereocenters. The lowest BCUT2D eigenvalue weighted by Crippen LogP contribution is -1.59. The molecular formula is C11H32. The van der Waals surface area contributed by atoms with Crippen LogP contribution in [0.3, 0.4) is 0 Å². The van der Waals surface area contributed by atoms with Crippen molar-refractivity contribution in [2.45, 2.75) is 75.7 Å². The van der Waals surface area contributed by atoms with Gasteiger partial charge in [0.15, 0.2) is 0 Å². The van der Waals surface area contributed by atoms with Gasteiger partial charge in [0.1, 0.15) is 0 Å². The molecule has 0 saturated carbocycles. The summed E-state index contributed by atoms with van der Waals surface area (Å²) >= 11 is 0. The molecular weight excluding hydrogens is 132 g/mol. The summed E-state index contributed by atoms with van der Waals surface area (Å²) in [5, 5.41) is 0. The first-order chi connectivity index (χ1) is 3.83. The van der Waals surface area contributed by atoms with Gasteiger partial charge in [0.25, 0.3) is 0 Å². The molecule has 11 heavy (non-hydrogen) atoms. The molecule has 0 nitrogen and oxygen atoms in total. The van der Waals surface area contributed by atoms with Gasteiger partial charge in [0, 0.05) is 0 Å². The number of unbranched alkanes of at least 4 members (excludes halogenated alkanes) is 2. The summed E-state index contributed by atoms with van der Waals surface area (Å²) in [5.41, 5.74) is 0. The summed E-state index contributed by atoms with van der Waals surface area (Å²) in [7, 11) is 0. The minimum Gasteiger partial charge on any atom is -0.0776 e. The van der Waals surface area contributed by atoms with Crippen LogP contribution >= 0.6 is 0 Å². The van der Waals surface area contributed by atoms with Gasteiger partial charge in [0.2, 0.25) is 0 Å². The Hall–Kier alpha value is 0. The molecule has 0 atom stereocenters. The molecule has 0 fully saturated rings. The first kappa shape index (κ1) is 30.6. The highest BCUT2D eigenvalue weighted by Gasteiger charge is 1.68. The van der Waals surface area contributed by atoms with Crippen molar-refractivity contribution in [3.63, 3.8) is 0 Å². The second kappa shape index (κ2) is 50.6. The summed E-state index contributed by atoms with van der Waals surface area (Å²) in [6.45, 7) is 8.67. The molecule has 0 spiro atoms. The lowest BCUT2D eigenvalue weighted by molar-refractivity contribution is 0.772. The van der Waals surface area contributed by atoms with Crippen LogP contribution in [0.1, 0.15) is 75.7 Å². The summed E-state index contributed by atoms with van der Waals surface area (Å²) in [5.74, 6) is 0. The Labute approximate surface area is 76.4 Å². The largest absolute Gasteiger partial charge is 0.0776 e. The fourth-order valence-electron chi connectivity index (χ4n) is 0.354. The summed E-state index contributed by atoms with van der Waals surface area (Å²) < 4.78 is 0. The third-order valence-electron chi connectivity index (χ3n) is 0.707. The van der Waals surface area contributed by atoms with E-state index in [4.69, 9.17) is 0 Å². The van der Waals surface area contributed by atoms with Gasteiger partial charge in [-0.1, -0.05) is 75.7 Å². The molecule has 0 bridgehead atoms. The van der Waals surface area contributed by atoms with Crippen molar-refractivity contribution < 1.29 is 0 Å². The molecule has 0 saturated heterocycles. The van der Waals surface area contributed by atoms with E-state index in [0.29, 0.717) is 0 Å². The Morgan fingerprint density at radius 1 is 0.636 bits per heavy atom. The van der Waals surface area contributed by atoms with Crippen LogP contribution in [0.5, 0.6) is 0 Å². The number of rotatable bonds is 2. The van der Waals surface area contributed by atoms with E-state index in [9.17, 15) is 0 Å². The van der Waals surface area contributed by atoms with Crippen molar-refractivity contribution in [2.24, 2.45) is 0 Å². The van der Waals surface area contributed by atoms with Crippen LogP contribution in [-0.4, -0.2) is 0 Å². The van der Waals surface area contributed by atoms with E-state index in [0.717, 1.165) is 0 Å². The van der Waals surface area contributed by atoms with Crippen molar-refractivity contribution in [1.29, 1.82) is 0 Å². The van der Waals surface area contributed by atoms with E-state index in [1.165, 1.54) is 25.7 Å². The number of hydrogen-bond donors (Lipinski definition) is 0. The zero-order chi connectivity index (χ0) is 6.83. The first-order valence-corrected chi connectivity index (χ1v) is 3.83.